The van der Waals surface area contributed by atoms with Gasteiger partial charge < -0.3 is 33.2 Å². The highest BCUT2D eigenvalue weighted by molar-refractivity contribution is 8.05. The first-order valence-electron chi connectivity index (χ1n) is 11.4. The molecule has 0 aliphatic carbocycles. The Labute approximate surface area is 245 Å². The van der Waals surface area contributed by atoms with Gasteiger partial charge in [0.1, 0.15) is 32.3 Å². The molecule has 0 saturated carbocycles. The zero-order chi connectivity index (χ0) is 30.7. The number of rotatable bonds is 20. The van der Waals surface area contributed by atoms with Gasteiger partial charge in [-0.1, -0.05) is 12.0 Å². The van der Waals surface area contributed by atoms with Crippen molar-refractivity contribution >= 4 is 59.3 Å². The fraction of sp³-hybridized carbons (Fsp3) is 0.385. The summed E-state index contributed by atoms with van der Waals surface area (Å²) in [6.07, 6.45) is 13.5. The van der Waals surface area contributed by atoms with Gasteiger partial charge in [0.15, 0.2) is 0 Å². The van der Waals surface area contributed by atoms with E-state index in [1.165, 1.54) is 52.6 Å². The SMILES string of the molecule is C#CCOC(COC(=O)/C=C/C)COC(=O)/C=C/SCCS/C=C/C(=O)OCOC(=O)CC(=O)OCOC(=O)C#C. The van der Waals surface area contributed by atoms with E-state index in [0.717, 1.165) is 6.08 Å². The second kappa shape index (κ2) is 24.8. The topological polar surface area (TPSA) is 167 Å². The molecule has 1 unspecified atom stereocenters. The van der Waals surface area contributed by atoms with E-state index in [0.29, 0.717) is 11.5 Å². The number of esters is 6. The second-order valence-electron chi connectivity index (χ2n) is 6.73. The van der Waals surface area contributed by atoms with Crippen molar-refractivity contribution in [1.29, 1.82) is 0 Å². The Balaban J connectivity index is 4.00. The van der Waals surface area contributed by atoms with E-state index in [1.807, 2.05) is 0 Å². The number of ether oxygens (including phenoxy) is 7. The van der Waals surface area contributed by atoms with Crippen LogP contribution in [0.15, 0.2) is 35.1 Å². The molecular formula is C26H28O13S2. The van der Waals surface area contributed by atoms with Crippen molar-refractivity contribution in [3.63, 3.8) is 0 Å². The molecule has 0 heterocycles. The van der Waals surface area contributed by atoms with Crippen LogP contribution in [0.1, 0.15) is 13.3 Å². The summed E-state index contributed by atoms with van der Waals surface area (Å²) in [4.78, 5) is 68.3. The predicted molar refractivity (Wildman–Crippen MR) is 146 cm³/mol. The highest BCUT2D eigenvalue weighted by atomic mass is 32.2. The van der Waals surface area contributed by atoms with Crippen LogP contribution >= 0.6 is 23.5 Å². The van der Waals surface area contributed by atoms with E-state index in [9.17, 15) is 28.8 Å². The Morgan fingerprint density at radius 2 is 1.24 bits per heavy atom. The van der Waals surface area contributed by atoms with Gasteiger partial charge in [-0.05, 0) is 17.7 Å². The lowest BCUT2D eigenvalue weighted by Gasteiger charge is -2.15. The monoisotopic (exact) mass is 612 g/mol. The highest BCUT2D eigenvalue weighted by Crippen LogP contribution is 2.09. The summed E-state index contributed by atoms with van der Waals surface area (Å²) in [5.74, 6) is 0.0292. The average Bonchev–Trinajstić information content (AvgIpc) is 2.93. The number of terminal acetylenes is 2. The third-order valence-corrected chi connectivity index (χ3v) is 5.48. The normalized spacial score (nSPS) is 11.3. The molecule has 13 nitrogen and oxygen atoms in total. The molecule has 0 aliphatic rings. The van der Waals surface area contributed by atoms with Crippen LogP contribution in [-0.4, -0.2) is 86.8 Å². The van der Waals surface area contributed by atoms with Gasteiger partial charge in [0.25, 0.3) is 0 Å². The van der Waals surface area contributed by atoms with E-state index in [1.54, 1.807) is 12.8 Å². The molecule has 222 valence electrons. The van der Waals surface area contributed by atoms with Crippen molar-refractivity contribution in [3.05, 3.63) is 35.1 Å². The van der Waals surface area contributed by atoms with Gasteiger partial charge in [-0.25, -0.2) is 19.2 Å². The van der Waals surface area contributed by atoms with Crippen LogP contribution in [0.3, 0.4) is 0 Å². The molecule has 0 N–H and O–H groups in total. The maximum atomic E-state index is 11.8. The number of hydrogen-bond donors (Lipinski definition) is 0. The minimum absolute atomic E-state index is 0.0402. The first kappa shape index (κ1) is 36.8. The summed E-state index contributed by atoms with van der Waals surface area (Å²) >= 11 is 2.61. The van der Waals surface area contributed by atoms with Gasteiger partial charge in [-0.3, -0.25) is 9.59 Å². The molecule has 0 fully saturated rings. The summed E-state index contributed by atoms with van der Waals surface area (Å²) < 4.78 is 33.3. The van der Waals surface area contributed by atoms with E-state index < -0.39 is 61.9 Å². The molecule has 0 aromatic rings. The molecule has 0 aromatic heterocycles. The minimum atomic E-state index is -1.04. The summed E-state index contributed by atoms with van der Waals surface area (Å²) in [7, 11) is 0. The van der Waals surface area contributed by atoms with Crippen LogP contribution in [0.4, 0.5) is 0 Å². The molecule has 0 spiro atoms. The van der Waals surface area contributed by atoms with E-state index >= 15 is 0 Å². The molecule has 0 saturated heterocycles. The fourth-order valence-corrected chi connectivity index (χ4v) is 3.40. The maximum absolute atomic E-state index is 11.8. The Morgan fingerprint density at radius 1 is 0.732 bits per heavy atom. The number of carbonyl (C=O) groups excluding carboxylic acids is 6. The largest absolute Gasteiger partial charge is 0.460 e. The van der Waals surface area contributed by atoms with E-state index in [-0.39, 0.29) is 19.8 Å². The van der Waals surface area contributed by atoms with Crippen molar-refractivity contribution < 1.29 is 61.9 Å². The molecule has 0 aliphatic heterocycles. The number of thioether (sulfide) groups is 2. The number of allylic oxidation sites excluding steroid dienone is 1. The third-order valence-electron chi connectivity index (χ3n) is 3.69. The lowest BCUT2D eigenvalue weighted by molar-refractivity contribution is -0.171. The molecule has 0 aromatic carbocycles. The molecule has 0 bridgehead atoms. The zero-order valence-electron chi connectivity index (χ0n) is 22.0. The minimum Gasteiger partial charge on any atom is -0.460 e. The molecule has 1 atom stereocenters. The fourth-order valence-electron chi connectivity index (χ4n) is 1.94. The highest BCUT2D eigenvalue weighted by Gasteiger charge is 2.14. The Bertz CT molecular complexity index is 1050. The summed E-state index contributed by atoms with van der Waals surface area (Å²) in [5.41, 5.74) is 0. The molecule has 15 heteroatoms. The summed E-state index contributed by atoms with van der Waals surface area (Å²) in [5, 5.41) is 3.01. The van der Waals surface area contributed by atoms with Crippen LogP contribution in [-0.2, 0) is 61.9 Å². The maximum Gasteiger partial charge on any atom is 0.386 e. The smallest absolute Gasteiger partial charge is 0.386 e. The first-order chi connectivity index (χ1) is 19.7. The Kier molecular flexibility index (Phi) is 22.3. The van der Waals surface area contributed by atoms with Crippen LogP contribution in [0, 0.1) is 24.7 Å². The Hall–Kier alpha value is -4.18. The van der Waals surface area contributed by atoms with Gasteiger partial charge >= 0.3 is 35.8 Å². The molecular weight excluding hydrogens is 584 g/mol. The number of hydrogen-bond acceptors (Lipinski definition) is 15. The standard InChI is InChI=1S/C26H28O13S2/c1-4-7-22(28)34-16-20(33-10-5-2)17-35-23(29)8-11-40-13-14-41-12-9-24(30)37-19-39-26(32)15-25(31)38-18-36-21(27)6-3/h2-4,7-9,11-12,20H,10,13-19H2,1H3/b7-4+,11-8+,12-9+. The number of carbonyl (C=O) groups is 6. The van der Waals surface area contributed by atoms with Gasteiger partial charge in [0, 0.05) is 35.7 Å². The van der Waals surface area contributed by atoms with Gasteiger partial charge in [0.05, 0.1) is 0 Å². The van der Waals surface area contributed by atoms with Crippen molar-refractivity contribution in [2.45, 2.75) is 19.4 Å². The molecule has 0 radical (unpaired) electrons. The van der Waals surface area contributed by atoms with Crippen molar-refractivity contribution in [1.82, 2.24) is 0 Å². The van der Waals surface area contributed by atoms with Crippen LogP contribution in [0.2, 0.25) is 0 Å². The van der Waals surface area contributed by atoms with Crippen molar-refractivity contribution in [2.24, 2.45) is 0 Å². The summed E-state index contributed by atoms with van der Waals surface area (Å²) in [6.45, 7) is -0.142. The van der Waals surface area contributed by atoms with Gasteiger partial charge in [-0.2, -0.15) is 0 Å². The van der Waals surface area contributed by atoms with Crippen molar-refractivity contribution in [2.75, 3.05) is 44.9 Å². The first-order valence-corrected chi connectivity index (χ1v) is 13.5. The van der Waals surface area contributed by atoms with E-state index in [2.05, 4.69) is 24.9 Å². The van der Waals surface area contributed by atoms with Gasteiger partial charge in [-0.15, -0.1) is 36.4 Å². The molecule has 41 heavy (non-hydrogen) atoms. The molecule has 0 amide bonds. The zero-order valence-corrected chi connectivity index (χ0v) is 23.6. The molecule has 0 rings (SSSR count). The van der Waals surface area contributed by atoms with Gasteiger partial charge in [0.2, 0.25) is 13.6 Å². The van der Waals surface area contributed by atoms with Crippen LogP contribution in [0.5, 0.6) is 0 Å². The quantitative estimate of drug-likeness (QED) is 0.0282. The van der Waals surface area contributed by atoms with Crippen LogP contribution in [0.25, 0.3) is 0 Å². The third kappa shape index (κ3) is 23.4. The lowest BCUT2D eigenvalue weighted by Crippen LogP contribution is -2.28. The second-order valence-corrected chi connectivity index (χ2v) is 8.76. The summed E-state index contributed by atoms with van der Waals surface area (Å²) in [6, 6.07) is 0. The predicted octanol–water partition coefficient (Wildman–Crippen LogP) is 1.27. The lowest BCUT2D eigenvalue weighted by atomic mass is 10.4. The van der Waals surface area contributed by atoms with Crippen molar-refractivity contribution in [3.8, 4) is 24.7 Å². The van der Waals surface area contributed by atoms with E-state index in [4.69, 9.17) is 27.1 Å². The Morgan fingerprint density at radius 3 is 1.76 bits per heavy atom. The average molecular weight is 613 g/mol. The van der Waals surface area contributed by atoms with Crippen LogP contribution < -0.4 is 0 Å².